The Morgan fingerprint density at radius 3 is 2.28 bits per heavy atom. The Balaban J connectivity index is 2.29. The van der Waals surface area contributed by atoms with Crippen molar-refractivity contribution in [3.8, 4) is 17.2 Å². The van der Waals surface area contributed by atoms with Gasteiger partial charge in [-0.05, 0) is 62.2 Å². The zero-order valence-electron chi connectivity index (χ0n) is 17.1. The van der Waals surface area contributed by atoms with Crippen molar-refractivity contribution in [2.75, 3.05) is 19.8 Å². The summed E-state index contributed by atoms with van der Waals surface area (Å²) in [5.74, 6) is 2.06. The third-order valence-corrected chi connectivity index (χ3v) is 4.10. The van der Waals surface area contributed by atoms with Crippen molar-refractivity contribution in [2.24, 2.45) is 0 Å². The number of ether oxygens (including phenoxy) is 3. The Labute approximate surface area is 173 Å². The monoisotopic (exact) mass is 392 g/mol. The van der Waals surface area contributed by atoms with Crippen LogP contribution in [-0.4, -0.2) is 25.6 Å². The highest BCUT2D eigenvalue weighted by Gasteiger charge is 2.11. The third-order valence-electron chi connectivity index (χ3n) is 4.10. The van der Waals surface area contributed by atoms with Crippen LogP contribution in [0.3, 0.4) is 0 Å². The first-order valence-corrected chi connectivity index (χ1v) is 9.72. The van der Waals surface area contributed by atoms with Crippen molar-refractivity contribution in [2.45, 2.75) is 20.3 Å². The van der Waals surface area contributed by atoms with E-state index < -0.39 is 0 Å². The fourth-order valence-corrected chi connectivity index (χ4v) is 2.82. The Hall–Kier alpha value is -3.27. The van der Waals surface area contributed by atoms with Crippen molar-refractivity contribution in [3.05, 3.63) is 84.5 Å². The quantitative estimate of drug-likeness (QED) is 0.265. The number of hydrogen-bond donors (Lipinski definition) is 0. The first-order valence-electron chi connectivity index (χ1n) is 9.72. The molecule has 0 atom stereocenters. The standard InChI is InChI=1S/C25H28O4/c1-5-9-23-20(17-22(27-7-3)18-25(23)28-8-4)12-15-24(26)19-10-13-21(14-11-19)29-16-6-2/h5-6,10-15,17-18H,1-2,7-9,16H2,3-4H3. The van der Waals surface area contributed by atoms with E-state index in [1.54, 1.807) is 42.5 Å². The van der Waals surface area contributed by atoms with E-state index in [4.69, 9.17) is 14.2 Å². The zero-order chi connectivity index (χ0) is 21.1. The van der Waals surface area contributed by atoms with E-state index in [2.05, 4.69) is 13.2 Å². The molecular weight excluding hydrogens is 364 g/mol. The normalized spacial score (nSPS) is 10.6. The molecule has 0 aliphatic rings. The lowest BCUT2D eigenvalue weighted by atomic mass is 10.0. The van der Waals surface area contributed by atoms with Crippen LogP contribution in [0, 0.1) is 0 Å². The SMILES string of the molecule is C=CCOc1ccc(C(=O)C=Cc2cc(OCC)cc(OCC)c2CC=C)cc1. The second-order valence-electron chi connectivity index (χ2n) is 6.17. The molecule has 4 nitrogen and oxygen atoms in total. The van der Waals surface area contributed by atoms with Gasteiger partial charge >= 0.3 is 0 Å². The second kappa shape index (κ2) is 11.5. The van der Waals surface area contributed by atoms with Crippen LogP contribution in [-0.2, 0) is 6.42 Å². The minimum absolute atomic E-state index is 0.0930. The molecule has 0 saturated carbocycles. The van der Waals surface area contributed by atoms with Crippen molar-refractivity contribution < 1.29 is 19.0 Å². The molecule has 2 aromatic carbocycles. The summed E-state index contributed by atoms with van der Waals surface area (Å²) in [6, 6.07) is 10.8. The molecule has 0 radical (unpaired) electrons. The summed E-state index contributed by atoms with van der Waals surface area (Å²) in [5, 5.41) is 0. The van der Waals surface area contributed by atoms with E-state index in [9.17, 15) is 4.79 Å². The first kappa shape index (κ1) is 22.0. The largest absolute Gasteiger partial charge is 0.494 e. The van der Waals surface area contributed by atoms with Gasteiger partial charge in [-0.3, -0.25) is 4.79 Å². The minimum Gasteiger partial charge on any atom is -0.494 e. The molecular formula is C25H28O4. The number of hydrogen-bond acceptors (Lipinski definition) is 4. The first-order chi connectivity index (χ1) is 14.1. The summed E-state index contributed by atoms with van der Waals surface area (Å²) in [6.45, 7) is 12.8. The Bertz CT molecular complexity index is 863. The number of benzene rings is 2. The van der Waals surface area contributed by atoms with E-state index in [1.165, 1.54) is 0 Å². The number of allylic oxidation sites excluding steroid dienone is 2. The lowest BCUT2D eigenvalue weighted by Crippen LogP contribution is -2.01. The van der Waals surface area contributed by atoms with Crippen LogP contribution in [0.1, 0.15) is 35.3 Å². The lowest BCUT2D eigenvalue weighted by Gasteiger charge is -2.15. The number of rotatable bonds is 12. The average molecular weight is 392 g/mol. The highest BCUT2D eigenvalue weighted by Crippen LogP contribution is 2.31. The van der Waals surface area contributed by atoms with Gasteiger partial charge in [0.15, 0.2) is 5.78 Å². The molecule has 0 spiro atoms. The van der Waals surface area contributed by atoms with Crippen molar-refractivity contribution in [3.63, 3.8) is 0 Å². The van der Waals surface area contributed by atoms with Gasteiger partial charge in [-0.25, -0.2) is 0 Å². The average Bonchev–Trinajstić information content (AvgIpc) is 2.73. The van der Waals surface area contributed by atoms with Gasteiger partial charge in [0.05, 0.1) is 13.2 Å². The van der Waals surface area contributed by atoms with E-state index >= 15 is 0 Å². The fourth-order valence-electron chi connectivity index (χ4n) is 2.82. The lowest BCUT2D eigenvalue weighted by molar-refractivity contribution is 0.104. The highest BCUT2D eigenvalue weighted by molar-refractivity contribution is 6.07. The molecule has 0 aliphatic carbocycles. The maximum Gasteiger partial charge on any atom is 0.185 e. The molecule has 0 amide bonds. The van der Waals surface area contributed by atoms with E-state index in [0.29, 0.717) is 43.3 Å². The molecule has 0 bridgehead atoms. The van der Waals surface area contributed by atoms with Gasteiger partial charge < -0.3 is 14.2 Å². The molecule has 0 N–H and O–H groups in total. The number of carbonyl (C=O) groups excluding carboxylic acids is 1. The summed E-state index contributed by atoms with van der Waals surface area (Å²) < 4.78 is 16.9. The highest BCUT2D eigenvalue weighted by atomic mass is 16.5. The predicted octanol–water partition coefficient (Wildman–Crippen LogP) is 5.67. The summed E-state index contributed by atoms with van der Waals surface area (Å²) in [6.07, 6.45) is 7.49. The summed E-state index contributed by atoms with van der Waals surface area (Å²) in [7, 11) is 0. The van der Waals surface area contributed by atoms with E-state index in [0.717, 1.165) is 16.9 Å². The fraction of sp³-hybridized carbons (Fsp3) is 0.240. The van der Waals surface area contributed by atoms with Gasteiger partial charge in [-0.15, -0.1) is 6.58 Å². The number of carbonyl (C=O) groups is 1. The zero-order valence-corrected chi connectivity index (χ0v) is 17.1. The molecule has 0 aromatic heterocycles. The van der Waals surface area contributed by atoms with Crippen LogP contribution in [0.25, 0.3) is 6.08 Å². The van der Waals surface area contributed by atoms with Crippen LogP contribution < -0.4 is 14.2 Å². The van der Waals surface area contributed by atoms with Crippen molar-refractivity contribution in [1.82, 2.24) is 0 Å². The third kappa shape index (κ3) is 6.39. The van der Waals surface area contributed by atoms with E-state index in [-0.39, 0.29) is 5.78 Å². The molecule has 29 heavy (non-hydrogen) atoms. The predicted molar refractivity (Wildman–Crippen MR) is 118 cm³/mol. The Morgan fingerprint density at radius 1 is 0.931 bits per heavy atom. The molecule has 0 aliphatic heterocycles. The van der Waals surface area contributed by atoms with Crippen LogP contribution in [0.4, 0.5) is 0 Å². The summed E-state index contributed by atoms with van der Waals surface area (Å²) in [4.78, 5) is 12.6. The maximum absolute atomic E-state index is 12.6. The Morgan fingerprint density at radius 2 is 1.66 bits per heavy atom. The topological polar surface area (TPSA) is 44.8 Å². The van der Waals surface area contributed by atoms with Crippen LogP contribution >= 0.6 is 0 Å². The Kier molecular flexibility index (Phi) is 8.77. The smallest absolute Gasteiger partial charge is 0.185 e. The molecule has 2 aromatic rings. The van der Waals surface area contributed by atoms with Crippen LogP contribution in [0.15, 0.2) is 67.8 Å². The van der Waals surface area contributed by atoms with Gasteiger partial charge in [-0.2, -0.15) is 0 Å². The molecule has 2 rings (SSSR count). The summed E-state index contributed by atoms with van der Waals surface area (Å²) >= 11 is 0. The van der Waals surface area contributed by atoms with Crippen LogP contribution in [0.2, 0.25) is 0 Å². The van der Waals surface area contributed by atoms with Gasteiger partial charge in [0.25, 0.3) is 0 Å². The van der Waals surface area contributed by atoms with Crippen LogP contribution in [0.5, 0.6) is 17.2 Å². The van der Waals surface area contributed by atoms with Crippen molar-refractivity contribution in [1.29, 1.82) is 0 Å². The van der Waals surface area contributed by atoms with Gasteiger partial charge in [0.1, 0.15) is 23.9 Å². The molecule has 152 valence electrons. The summed E-state index contributed by atoms with van der Waals surface area (Å²) in [5.41, 5.74) is 2.43. The van der Waals surface area contributed by atoms with Gasteiger partial charge in [0.2, 0.25) is 0 Å². The number of ketones is 1. The molecule has 0 unspecified atom stereocenters. The molecule has 0 fully saturated rings. The van der Waals surface area contributed by atoms with Gasteiger partial charge in [0, 0.05) is 17.2 Å². The van der Waals surface area contributed by atoms with Crippen molar-refractivity contribution >= 4 is 11.9 Å². The second-order valence-corrected chi connectivity index (χ2v) is 6.17. The van der Waals surface area contributed by atoms with E-state index in [1.807, 2.05) is 32.1 Å². The molecule has 4 heteroatoms. The van der Waals surface area contributed by atoms with Gasteiger partial charge in [-0.1, -0.05) is 24.8 Å². The maximum atomic E-state index is 12.6. The molecule has 0 saturated heterocycles. The molecule has 0 heterocycles. The minimum atomic E-state index is -0.0930.